The molecule has 22 heavy (non-hydrogen) atoms. The second-order valence-electron chi connectivity index (χ2n) is 6.11. The first-order valence-corrected chi connectivity index (χ1v) is 7.77. The first kappa shape index (κ1) is 14.9. The van der Waals surface area contributed by atoms with Gasteiger partial charge in [-0.2, -0.15) is 0 Å². The van der Waals surface area contributed by atoms with E-state index < -0.39 is 0 Å². The van der Waals surface area contributed by atoms with Gasteiger partial charge in [0.2, 0.25) is 0 Å². The van der Waals surface area contributed by atoms with Gasteiger partial charge >= 0.3 is 0 Å². The molecule has 0 saturated heterocycles. The molecule has 3 heteroatoms. The predicted molar refractivity (Wildman–Crippen MR) is 88.6 cm³/mol. The normalized spacial score (nSPS) is 18.6. The summed E-state index contributed by atoms with van der Waals surface area (Å²) in [5.41, 5.74) is 11.2. The number of fused-ring (bicyclic) bond motifs is 1. The summed E-state index contributed by atoms with van der Waals surface area (Å²) in [6, 6.07) is 12.3. The smallest absolute Gasteiger partial charge is 0.161 e. The van der Waals surface area contributed by atoms with Crippen LogP contribution < -0.4 is 15.2 Å². The van der Waals surface area contributed by atoms with Gasteiger partial charge in [-0.25, -0.2) is 0 Å². The molecule has 3 nitrogen and oxygen atoms in total. The van der Waals surface area contributed by atoms with Crippen molar-refractivity contribution in [3.8, 4) is 11.5 Å². The molecule has 1 aliphatic heterocycles. The second kappa shape index (κ2) is 6.01. The zero-order valence-corrected chi connectivity index (χ0v) is 13.4. The third kappa shape index (κ3) is 2.95. The van der Waals surface area contributed by atoms with Crippen LogP contribution >= 0.6 is 0 Å². The summed E-state index contributed by atoms with van der Waals surface area (Å²) in [6.45, 7) is 6.87. The molecule has 0 saturated carbocycles. The van der Waals surface area contributed by atoms with E-state index in [1.165, 1.54) is 16.7 Å². The van der Waals surface area contributed by atoms with Crippen LogP contribution in [0.1, 0.15) is 34.7 Å². The van der Waals surface area contributed by atoms with E-state index in [1.807, 2.05) is 12.1 Å². The Bertz CT molecular complexity index is 664. The molecule has 2 unspecified atom stereocenters. The molecule has 0 spiro atoms. The molecular formula is C19H23NO2. The highest BCUT2D eigenvalue weighted by molar-refractivity contribution is 5.47. The Labute approximate surface area is 132 Å². The van der Waals surface area contributed by atoms with Crippen LogP contribution in [-0.2, 0) is 0 Å². The molecule has 1 aliphatic rings. The SMILES string of the molecule is Cc1ccc(C(N)C2CCOc3cc(C)c(C)cc3O2)cc1. The van der Waals surface area contributed by atoms with E-state index in [0.29, 0.717) is 6.61 Å². The minimum atomic E-state index is -0.156. The van der Waals surface area contributed by atoms with Crippen molar-refractivity contribution >= 4 is 0 Å². The Morgan fingerprint density at radius 2 is 1.64 bits per heavy atom. The minimum Gasteiger partial charge on any atom is -0.490 e. The summed E-state index contributed by atoms with van der Waals surface area (Å²) in [6.07, 6.45) is 0.702. The quantitative estimate of drug-likeness (QED) is 0.916. The van der Waals surface area contributed by atoms with Crippen molar-refractivity contribution in [3.05, 3.63) is 58.7 Å². The molecule has 2 aromatic carbocycles. The number of hydrogen-bond donors (Lipinski definition) is 1. The van der Waals surface area contributed by atoms with E-state index >= 15 is 0 Å². The van der Waals surface area contributed by atoms with Gasteiger partial charge < -0.3 is 15.2 Å². The Morgan fingerprint density at radius 1 is 1.00 bits per heavy atom. The van der Waals surface area contributed by atoms with Gasteiger partial charge in [0.1, 0.15) is 6.10 Å². The monoisotopic (exact) mass is 297 g/mol. The Hall–Kier alpha value is -2.00. The van der Waals surface area contributed by atoms with Crippen molar-refractivity contribution < 1.29 is 9.47 Å². The van der Waals surface area contributed by atoms with Crippen molar-refractivity contribution in [1.82, 2.24) is 0 Å². The molecule has 0 aromatic heterocycles. The van der Waals surface area contributed by atoms with E-state index in [-0.39, 0.29) is 12.1 Å². The number of benzene rings is 2. The van der Waals surface area contributed by atoms with Crippen molar-refractivity contribution in [2.24, 2.45) is 5.73 Å². The number of hydrogen-bond acceptors (Lipinski definition) is 3. The zero-order valence-electron chi connectivity index (χ0n) is 13.4. The third-order valence-electron chi connectivity index (χ3n) is 4.36. The third-order valence-corrected chi connectivity index (χ3v) is 4.36. The van der Waals surface area contributed by atoms with E-state index in [1.54, 1.807) is 0 Å². The van der Waals surface area contributed by atoms with Gasteiger partial charge in [-0.1, -0.05) is 29.8 Å². The van der Waals surface area contributed by atoms with Crippen LogP contribution in [-0.4, -0.2) is 12.7 Å². The topological polar surface area (TPSA) is 44.5 Å². The molecule has 0 fully saturated rings. The standard InChI is InChI=1S/C19H23NO2/c1-12-4-6-15(7-5-12)19(20)16-8-9-21-17-10-13(2)14(3)11-18(17)22-16/h4-7,10-11,16,19H,8-9,20H2,1-3H3. The van der Waals surface area contributed by atoms with Crippen LogP contribution in [0.5, 0.6) is 11.5 Å². The molecular weight excluding hydrogens is 274 g/mol. The van der Waals surface area contributed by atoms with Crippen LogP contribution in [0.2, 0.25) is 0 Å². The van der Waals surface area contributed by atoms with Crippen LogP contribution in [0, 0.1) is 20.8 Å². The van der Waals surface area contributed by atoms with Crippen LogP contribution in [0.15, 0.2) is 36.4 Å². The number of aryl methyl sites for hydroxylation is 3. The maximum absolute atomic E-state index is 6.43. The van der Waals surface area contributed by atoms with Crippen LogP contribution in [0.4, 0.5) is 0 Å². The molecule has 116 valence electrons. The first-order valence-electron chi connectivity index (χ1n) is 7.77. The van der Waals surface area contributed by atoms with Crippen LogP contribution in [0.25, 0.3) is 0 Å². The molecule has 2 aromatic rings. The molecule has 0 bridgehead atoms. The van der Waals surface area contributed by atoms with Gasteiger partial charge in [0.15, 0.2) is 11.5 Å². The van der Waals surface area contributed by atoms with Gasteiger partial charge in [-0.05, 0) is 49.6 Å². The fourth-order valence-corrected chi connectivity index (χ4v) is 2.73. The van der Waals surface area contributed by atoms with Crippen molar-refractivity contribution in [3.63, 3.8) is 0 Å². The minimum absolute atomic E-state index is 0.0777. The lowest BCUT2D eigenvalue weighted by Gasteiger charge is -2.23. The maximum Gasteiger partial charge on any atom is 0.161 e. The predicted octanol–water partition coefficient (Wildman–Crippen LogP) is 3.84. The molecule has 3 rings (SSSR count). The fraction of sp³-hybridized carbons (Fsp3) is 0.368. The van der Waals surface area contributed by atoms with Gasteiger partial charge in [-0.15, -0.1) is 0 Å². The summed E-state index contributed by atoms with van der Waals surface area (Å²) >= 11 is 0. The maximum atomic E-state index is 6.43. The molecule has 0 radical (unpaired) electrons. The zero-order chi connectivity index (χ0) is 15.7. The molecule has 2 N–H and O–H groups in total. The average molecular weight is 297 g/mol. The van der Waals surface area contributed by atoms with Crippen LogP contribution in [0.3, 0.4) is 0 Å². The molecule has 0 amide bonds. The van der Waals surface area contributed by atoms with Gasteiger partial charge in [0, 0.05) is 6.42 Å². The molecule has 0 aliphatic carbocycles. The van der Waals surface area contributed by atoms with Gasteiger partial charge in [0.25, 0.3) is 0 Å². The van der Waals surface area contributed by atoms with Gasteiger partial charge in [0.05, 0.1) is 12.6 Å². The lowest BCUT2D eigenvalue weighted by molar-refractivity contribution is 0.162. The molecule has 1 heterocycles. The van der Waals surface area contributed by atoms with E-state index in [0.717, 1.165) is 23.5 Å². The molecule has 2 atom stereocenters. The number of ether oxygens (including phenoxy) is 2. The van der Waals surface area contributed by atoms with Crippen molar-refractivity contribution in [2.75, 3.05) is 6.61 Å². The largest absolute Gasteiger partial charge is 0.490 e. The summed E-state index contributed by atoms with van der Waals surface area (Å²) in [5.74, 6) is 1.62. The van der Waals surface area contributed by atoms with E-state index in [4.69, 9.17) is 15.2 Å². The lowest BCUT2D eigenvalue weighted by Crippen LogP contribution is -2.31. The average Bonchev–Trinajstić information content (AvgIpc) is 2.70. The lowest BCUT2D eigenvalue weighted by atomic mass is 9.99. The summed E-state index contributed by atoms with van der Waals surface area (Å²) in [4.78, 5) is 0. The Morgan fingerprint density at radius 3 is 2.32 bits per heavy atom. The number of rotatable bonds is 2. The summed E-state index contributed by atoms with van der Waals surface area (Å²) in [7, 11) is 0. The highest BCUT2D eigenvalue weighted by atomic mass is 16.5. The fourth-order valence-electron chi connectivity index (χ4n) is 2.73. The summed E-state index contributed by atoms with van der Waals surface area (Å²) in [5, 5.41) is 0. The van der Waals surface area contributed by atoms with E-state index in [9.17, 15) is 0 Å². The van der Waals surface area contributed by atoms with Gasteiger partial charge in [-0.3, -0.25) is 0 Å². The Balaban J connectivity index is 1.86. The van der Waals surface area contributed by atoms with Crippen molar-refractivity contribution in [2.45, 2.75) is 39.3 Å². The highest BCUT2D eigenvalue weighted by Crippen LogP contribution is 2.35. The Kier molecular flexibility index (Phi) is 4.08. The highest BCUT2D eigenvalue weighted by Gasteiger charge is 2.26. The first-order chi connectivity index (χ1) is 10.5. The second-order valence-corrected chi connectivity index (χ2v) is 6.11. The van der Waals surface area contributed by atoms with E-state index in [2.05, 4.69) is 45.0 Å². The summed E-state index contributed by atoms with van der Waals surface area (Å²) < 4.78 is 12.0. The van der Waals surface area contributed by atoms with Crippen molar-refractivity contribution in [1.29, 1.82) is 0 Å². The number of nitrogens with two attached hydrogens (primary N) is 1.